The highest BCUT2D eigenvalue weighted by Crippen LogP contribution is 2.29. The Hall–Kier alpha value is -0.803. The minimum Gasteiger partial charge on any atom is -0.491 e. The van der Waals surface area contributed by atoms with E-state index in [1.807, 2.05) is 30.3 Å². The zero-order valence-corrected chi connectivity index (χ0v) is 18.6. The summed E-state index contributed by atoms with van der Waals surface area (Å²) >= 11 is 0. The average molecular weight is 379 g/mol. The third-order valence-electron chi connectivity index (χ3n) is 5.80. The molecule has 0 radical (unpaired) electrons. The van der Waals surface area contributed by atoms with Crippen LogP contribution < -0.4 is 4.74 Å². The maximum Gasteiger partial charge on any atom is 0.119 e. The average Bonchev–Trinajstić information content (AvgIpc) is 2.69. The molecule has 150 valence electrons. The Morgan fingerprint density at radius 1 is 0.692 bits per heavy atom. The van der Waals surface area contributed by atoms with Crippen molar-refractivity contribution in [1.29, 1.82) is 0 Å². The van der Waals surface area contributed by atoms with Gasteiger partial charge in [0.05, 0.1) is 14.7 Å². The van der Waals surface area contributed by atoms with E-state index in [0.29, 0.717) is 13.2 Å². The Bertz CT molecular complexity index is 417. The molecule has 0 spiro atoms. The van der Waals surface area contributed by atoms with Crippen molar-refractivity contribution in [2.24, 2.45) is 0 Å². The predicted octanol–water partition coefficient (Wildman–Crippen LogP) is 7.32. The van der Waals surface area contributed by atoms with Crippen molar-refractivity contribution in [2.75, 3.05) is 19.8 Å². The van der Waals surface area contributed by atoms with Crippen molar-refractivity contribution in [2.45, 2.75) is 89.9 Å². The van der Waals surface area contributed by atoms with E-state index >= 15 is 0 Å². The first-order chi connectivity index (χ1) is 12.8. The summed E-state index contributed by atoms with van der Waals surface area (Å²) in [5.74, 6) is 0.929. The Kier molecular flexibility index (Phi) is 13.7. The largest absolute Gasteiger partial charge is 0.491 e. The lowest BCUT2D eigenvalue weighted by molar-refractivity contribution is 0.100. The van der Waals surface area contributed by atoms with Crippen molar-refractivity contribution in [3.63, 3.8) is 0 Å². The molecule has 1 aromatic rings. The molecule has 0 aliphatic heterocycles. The van der Waals surface area contributed by atoms with Gasteiger partial charge in [-0.05, 0) is 18.6 Å². The maximum atomic E-state index is 5.81. The summed E-state index contributed by atoms with van der Waals surface area (Å²) in [7, 11) is -1.04. The standard InChI is InChI=1S/C23H42O2Si/c1-4-7-8-9-10-14-21-26(5-2,6-3)22-15-18-24-19-20-25-23-16-12-11-13-17-23/h11-13,16-17H,4-10,14-15,18-22H2,1-3H3. The predicted molar refractivity (Wildman–Crippen MR) is 117 cm³/mol. The van der Waals surface area contributed by atoms with Crippen LogP contribution in [0.5, 0.6) is 5.75 Å². The monoisotopic (exact) mass is 378 g/mol. The Labute approximate surface area is 163 Å². The van der Waals surface area contributed by atoms with Gasteiger partial charge in [0.1, 0.15) is 12.4 Å². The van der Waals surface area contributed by atoms with E-state index in [1.54, 1.807) is 0 Å². The quantitative estimate of drug-likeness (QED) is 0.209. The van der Waals surface area contributed by atoms with E-state index in [0.717, 1.165) is 12.4 Å². The molecule has 0 atom stereocenters. The molecule has 3 heteroatoms. The second-order valence-electron chi connectivity index (χ2n) is 7.60. The van der Waals surface area contributed by atoms with Crippen LogP contribution in [0, 0.1) is 0 Å². The summed E-state index contributed by atoms with van der Waals surface area (Å²) < 4.78 is 11.5. The molecule has 0 aliphatic rings. The molecule has 0 heterocycles. The number of hydrogen-bond acceptors (Lipinski definition) is 2. The smallest absolute Gasteiger partial charge is 0.119 e. The second kappa shape index (κ2) is 15.3. The first-order valence-electron chi connectivity index (χ1n) is 11.0. The maximum absolute atomic E-state index is 5.81. The van der Waals surface area contributed by atoms with Gasteiger partial charge in [-0.2, -0.15) is 0 Å². The summed E-state index contributed by atoms with van der Waals surface area (Å²) in [6.45, 7) is 9.39. The molecule has 0 N–H and O–H groups in total. The van der Waals surface area contributed by atoms with Crippen molar-refractivity contribution in [3.8, 4) is 5.75 Å². The van der Waals surface area contributed by atoms with Crippen LogP contribution in [0.25, 0.3) is 0 Å². The van der Waals surface area contributed by atoms with Crippen LogP contribution in [0.3, 0.4) is 0 Å². The molecule has 0 saturated heterocycles. The van der Waals surface area contributed by atoms with Gasteiger partial charge in [0.15, 0.2) is 0 Å². The van der Waals surface area contributed by atoms with Gasteiger partial charge in [-0.25, -0.2) is 0 Å². The lowest BCUT2D eigenvalue weighted by atomic mass is 10.1. The van der Waals surface area contributed by atoms with Gasteiger partial charge in [-0.3, -0.25) is 0 Å². The van der Waals surface area contributed by atoms with Crippen LogP contribution in [0.15, 0.2) is 30.3 Å². The first-order valence-corrected chi connectivity index (χ1v) is 13.8. The van der Waals surface area contributed by atoms with E-state index in [9.17, 15) is 0 Å². The number of ether oxygens (including phenoxy) is 2. The first kappa shape index (κ1) is 23.2. The number of hydrogen-bond donors (Lipinski definition) is 0. The Morgan fingerprint density at radius 2 is 1.35 bits per heavy atom. The van der Waals surface area contributed by atoms with Gasteiger partial charge < -0.3 is 9.47 Å². The fraction of sp³-hybridized carbons (Fsp3) is 0.739. The minimum atomic E-state index is -1.04. The lowest BCUT2D eigenvalue weighted by Crippen LogP contribution is -2.32. The van der Waals surface area contributed by atoms with E-state index in [1.165, 1.54) is 69.1 Å². The topological polar surface area (TPSA) is 18.5 Å². The molecule has 0 amide bonds. The number of unbranched alkanes of at least 4 members (excludes halogenated alkanes) is 5. The summed E-state index contributed by atoms with van der Waals surface area (Å²) in [5, 5.41) is 0. The lowest BCUT2D eigenvalue weighted by Gasteiger charge is -2.29. The third kappa shape index (κ3) is 10.4. The van der Waals surface area contributed by atoms with Crippen LogP contribution >= 0.6 is 0 Å². The highest BCUT2D eigenvalue weighted by atomic mass is 28.3. The van der Waals surface area contributed by atoms with Gasteiger partial charge in [-0.1, -0.05) is 102 Å². The van der Waals surface area contributed by atoms with Crippen LogP contribution in [0.2, 0.25) is 24.2 Å². The summed E-state index contributed by atoms with van der Waals surface area (Å²) in [5.41, 5.74) is 0. The molecule has 0 fully saturated rings. The summed E-state index contributed by atoms with van der Waals surface area (Å²) in [6, 6.07) is 15.8. The van der Waals surface area contributed by atoms with E-state index in [4.69, 9.17) is 9.47 Å². The fourth-order valence-electron chi connectivity index (χ4n) is 3.75. The molecule has 0 saturated carbocycles. The SMILES string of the molecule is CCCCCCCC[Si](CC)(CC)CCCOCCOc1ccccc1. The van der Waals surface area contributed by atoms with E-state index < -0.39 is 8.07 Å². The molecule has 2 nitrogen and oxygen atoms in total. The van der Waals surface area contributed by atoms with Gasteiger partial charge in [0.25, 0.3) is 0 Å². The van der Waals surface area contributed by atoms with Gasteiger partial charge in [-0.15, -0.1) is 0 Å². The van der Waals surface area contributed by atoms with Crippen LogP contribution in [-0.4, -0.2) is 27.9 Å². The molecule has 26 heavy (non-hydrogen) atoms. The molecule has 0 aromatic heterocycles. The van der Waals surface area contributed by atoms with Gasteiger partial charge in [0.2, 0.25) is 0 Å². The van der Waals surface area contributed by atoms with Crippen molar-refractivity contribution < 1.29 is 9.47 Å². The molecule has 0 aliphatic carbocycles. The molecular weight excluding hydrogens is 336 g/mol. The van der Waals surface area contributed by atoms with Gasteiger partial charge >= 0.3 is 0 Å². The Morgan fingerprint density at radius 3 is 2.04 bits per heavy atom. The molecular formula is C23H42O2Si. The fourth-order valence-corrected chi connectivity index (χ4v) is 7.81. The van der Waals surface area contributed by atoms with E-state index in [2.05, 4.69) is 20.8 Å². The molecule has 0 bridgehead atoms. The zero-order valence-electron chi connectivity index (χ0n) is 17.6. The highest BCUT2D eigenvalue weighted by molar-refractivity contribution is 6.79. The minimum absolute atomic E-state index is 0.645. The zero-order chi connectivity index (χ0) is 18.9. The van der Waals surface area contributed by atoms with Crippen molar-refractivity contribution in [1.82, 2.24) is 0 Å². The molecule has 0 unspecified atom stereocenters. The van der Waals surface area contributed by atoms with E-state index in [-0.39, 0.29) is 0 Å². The second-order valence-corrected chi connectivity index (χ2v) is 13.0. The van der Waals surface area contributed by atoms with Crippen molar-refractivity contribution >= 4 is 8.07 Å². The van der Waals surface area contributed by atoms with Crippen LogP contribution in [0.4, 0.5) is 0 Å². The van der Waals surface area contributed by atoms with Gasteiger partial charge in [0, 0.05) is 6.61 Å². The Balaban J connectivity index is 2.10. The molecule has 1 rings (SSSR count). The van der Waals surface area contributed by atoms with Crippen molar-refractivity contribution in [3.05, 3.63) is 30.3 Å². The third-order valence-corrected chi connectivity index (χ3v) is 11.6. The summed E-state index contributed by atoms with van der Waals surface area (Å²) in [6.07, 6.45) is 9.77. The van der Waals surface area contributed by atoms with Crippen LogP contribution in [0.1, 0.15) is 65.7 Å². The number of para-hydroxylation sites is 1. The summed E-state index contributed by atoms with van der Waals surface area (Å²) in [4.78, 5) is 0. The van der Waals surface area contributed by atoms with Crippen LogP contribution in [-0.2, 0) is 4.74 Å². The number of rotatable bonds is 17. The normalized spacial score (nSPS) is 11.7. The number of benzene rings is 1. The highest BCUT2D eigenvalue weighted by Gasteiger charge is 2.27. The molecule has 1 aromatic carbocycles.